The zero-order chi connectivity index (χ0) is 16.9. The van der Waals surface area contributed by atoms with Gasteiger partial charge in [-0.1, -0.05) is 17.7 Å². The number of benzene rings is 1. The van der Waals surface area contributed by atoms with Crippen LogP contribution in [0.2, 0.25) is 5.02 Å². The number of halogens is 1. The Bertz CT molecular complexity index is 525. The number of nitrogens with zero attached hydrogens (tertiary/aromatic N) is 1. The van der Waals surface area contributed by atoms with Gasteiger partial charge in [0.2, 0.25) is 0 Å². The minimum atomic E-state index is 0.295. The summed E-state index contributed by atoms with van der Waals surface area (Å²) in [7, 11) is 3.28. The molecule has 1 atom stereocenters. The van der Waals surface area contributed by atoms with E-state index in [0.29, 0.717) is 28.5 Å². The maximum absolute atomic E-state index is 6.75. The molecule has 0 spiro atoms. The highest BCUT2D eigenvalue weighted by atomic mass is 35.5. The van der Waals surface area contributed by atoms with Gasteiger partial charge >= 0.3 is 0 Å². The zero-order valence-corrected chi connectivity index (χ0v) is 15.3. The van der Waals surface area contributed by atoms with Crippen molar-refractivity contribution in [2.24, 2.45) is 5.92 Å². The molecule has 5 nitrogen and oxygen atoms in total. The maximum atomic E-state index is 6.75. The molecule has 2 aliphatic rings. The third kappa shape index (κ3) is 3.64. The van der Waals surface area contributed by atoms with E-state index < -0.39 is 0 Å². The molecule has 0 aliphatic carbocycles. The van der Waals surface area contributed by atoms with E-state index in [9.17, 15) is 0 Å². The second kappa shape index (κ2) is 8.39. The Morgan fingerprint density at radius 3 is 2.50 bits per heavy atom. The first-order valence-electron chi connectivity index (χ1n) is 8.69. The van der Waals surface area contributed by atoms with Crippen LogP contribution in [0, 0.1) is 5.92 Å². The monoisotopic (exact) mass is 354 g/mol. The standard InChI is InChI=1S/C18H27ClN2O3/c1-22-15-4-3-14(16(19)18(15)23-2)17(13-5-11-24-12-6-13)21-9-7-20-8-10-21/h3-4,13,17,20H,5-12H2,1-2H3/t17-/m1/s1. The Morgan fingerprint density at radius 2 is 1.88 bits per heavy atom. The lowest BCUT2D eigenvalue weighted by Gasteiger charge is -2.41. The maximum Gasteiger partial charge on any atom is 0.179 e. The third-order valence-corrected chi connectivity index (χ3v) is 5.48. The van der Waals surface area contributed by atoms with Crippen LogP contribution in [0.5, 0.6) is 11.5 Å². The molecule has 134 valence electrons. The van der Waals surface area contributed by atoms with Crippen molar-refractivity contribution in [3.8, 4) is 11.5 Å². The summed E-state index contributed by atoms with van der Waals surface area (Å²) >= 11 is 6.75. The molecular weight excluding hydrogens is 328 g/mol. The summed E-state index contributed by atoms with van der Waals surface area (Å²) in [5, 5.41) is 4.11. The third-order valence-electron chi connectivity index (χ3n) is 5.09. The summed E-state index contributed by atoms with van der Waals surface area (Å²) in [6.45, 7) is 5.77. The van der Waals surface area contributed by atoms with Crippen molar-refractivity contribution in [1.29, 1.82) is 0 Å². The first-order chi connectivity index (χ1) is 11.8. The molecule has 2 aliphatic heterocycles. The van der Waals surface area contributed by atoms with Gasteiger partial charge in [0.25, 0.3) is 0 Å². The average Bonchev–Trinajstić information content (AvgIpc) is 2.65. The van der Waals surface area contributed by atoms with E-state index in [4.69, 9.17) is 25.8 Å². The van der Waals surface area contributed by atoms with E-state index in [1.54, 1.807) is 14.2 Å². The van der Waals surface area contributed by atoms with E-state index in [1.807, 2.05) is 6.07 Å². The van der Waals surface area contributed by atoms with Crippen molar-refractivity contribution in [3.63, 3.8) is 0 Å². The highest BCUT2D eigenvalue weighted by molar-refractivity contribution is 6.33. The molecule has 0 amide bonds. The van der Waals surface area contributed by atoms with Crippen molar-refractivity contribution in [2.45, 2.75) is 18.9 Å². The topological polar surface area (TPSA) is 43.0 Å². The normalized spacial score (nSPS) is 21.5. The number of ether oxygens (including phenoxy) is 3. The summed E-state index contributed by atoms with van der Waals surface area (Å²) < 4.78 is 16.5. The van der Waals surface area contributed by atoms with Crippen LogP contribution in [-0.2, 0) is 4.74 Å². The molecule has 2 fully saturated rings. The molecule has 0 saturated carbocycles. The summed E-state index contributed by atoms with van der Waals surface area (Å²) in [5.74, 6) is 1.86. The number of hydrogen-bond acceptors (Lipinski definition) is 5. The van der Waals surface area contributed by atoms with Gasteiger partial charge in [-0.05, 0) is 30.4 Å². The fourth-order valence-corrected chi connectivity index (χ4v) is 4.22. The van der Waals surface area contributed by atoms with Crippen LogP contribution in [0.4, 0.5) is 0 Å². The fourth-order valence-electron chi connectivity index (χ4n) is 3.87. The second-order valence-electron chi connectivity index (χ2n) is 6.38. The SMILES string of the molecule is COc1ccc([C@@H](C2CCOCC2)N2CCNCC2)c(Cl)c1OC. The van der Waals surface area contributed by atoms with E-state index in [0.717, 1.165) is 57.8 Å². The van der Waals surface area contributed by atoms with Crippen LogP contribution in [-0.4, -0.2) is 58.5 Å². The van der Waals surface area contributed by atoms with Crippen LogP contribution < -0.4 is 14.8 Å². The first-order valence-corrected chi connectivity index (χ1v) is 9.07. The highest BCUT2D eigenvalue weighted by Gasteiger charge is 2.33. The number of methoxy groups -OCH3 is 2. The molecule has 2 saturated heterocycles. The summed E-state index contributed by atoms with van der Waals surface area (Å²) in [4.78, 5) is 2.56. The molecule has 0 aromatic heterocycles. The predicted octanol–water partition coefficient (Wildman–Crippen LogP) is 2.73. The molecule has 1 aromatic rings. The molecular formula is C18H27ClN2O3. The minimum absolute atomic E-state index is 0.295. The molecule has 1 N–H and O–H groups in total. The molecule has 2 heterocycles. The quantitative estimate of drug-likeness (QED) is 0.880. The lowest BCUT2D eigenvalue weighted by molar-refractivity contribution is 0.0213. The Morgan fingerprint density at radius 1 is 1.17 bits per heavy atom. The van der Waals surface area contributed by atoms with Crippen molar-refractivity contribution >= 4 is 11.6 Å². The first kappa shape index (κ1) is 17.8. The molecule has 0 unspecified atom stereocenters. The lowest BCUT2D eigenvalue weighted by atomic mass is 9.85. The van der Waals surface area contributed by atoms with Crippen LogP contribution >= 0.6 is 11.6 Å². The highest BCUT2D eigenvalue weighted by Crippen LogP contribution is 2.44. The predicted molar refractivity (Wildman–Crippen MR) is 95.3 cm³/mol. The smallest absolute Gasteiger partial charge is 0.179 e. The molecule has 6 heteroatoms. The molecule has 0 radical (unpaired) electrons. The van der Waals surface area contributed by atoms with Crippen molar-refractivity contribution in [2.75, 3.05) is 53.6 Å². The lowest BCUT2D eigenvalue weighted by Crippen LogP contribution is -2.47. The van der Waals surface area contributed by atoms with E-state index in [2.05, 4.69) is 16.3 Å². The number of hydrogen-bond donors (Lipinski definition) is 1. The second-order valence-corrected chi connectivity index (χ2v) is 6.76. The van der Waals surface area contributed by atoms with Crippen LogP contribution in [0.3, 0.4) is 0 Å². The number of piperazine rings is 1. The van der Waals surface area contributed by atoms with Gasteiger partial charge in [0.15, 0.2) is 11.5 Å². The van der Waals surface area contributed by atoms with E-state index in [-0.39, 0.29) is 0 Å². The Kier molecular flexibility index (Phi) is 6.22. The van der Waals surface area contributed by atoms with Crippen molar-refractivity contribution in [1.82, 2.24) is 10.2 Å². The average molecular weight is 355 g/mol. The number of rotatable bonds is 5. The summed E-state index contributed by atoms with van der Waals surface area (Å²) in [6.07, 6.45) is 2.14. The van der Waals surface area contributed by atoms with Gasteiger partial charge in [-0.25, -0.2) is 0 Å². The van der Waals surface area contributed by atoms with Crippen molar-refractivity contribution in [3.05, 3.63) is 22.7 Å². The van der Waals surface area contributed by atoms with Gasteiger partial charge in [-0.3, -0.25) is 4.90 Å². The number of nitrogens with one attached hydrogen (secondary N) is 1. The van der Waals surface area contributed by atoms with Gasteiger partial charge < -0.3 is 19.5 Å². The van der Waals surface area contributed by atoms with Crippen LogP contribution in [0.1, 0.15) is 24.4 Å². The van der Waals surface area contributed by atoms with Crippen LogP contribution in [0.25, 0.3) is 0 Å². The molecule has 0 bridgehead atoms. The van der Waals surface area contributed by atoms with Crippen LogP contribution in [0.15, 0.2) is 12.1 Å². The summed E-state index contributed by atoms with van der Waals surface area (Å²) in [5.41, 5.74) is 1.14. The van der Waals surface area contributed by atoms with Gasteiger partial charge in [0.1, 0.15) is 0 Å². The Hall–Kier alpha value is -1.01. The van der Waals surface area contributed by atoms with Gasteiger partial charge in [-0.2, -0.15) is 0 Å². The zero-order valence-electron chi connectivity index (χ0n) is 14.5. The Balaban J connectivity index is 1.97. The molecule has 24 heavy (non-hydrogen) atoms. The fraction of sp³-hybridized carbons (Fsp3) is 0.667. The largest absolute Gasteiger partial charge is 0.493 e. The summed E-state index contributed by atoms with van der Waals surface area (Å²) in [6, 6.07) is 4.36. The van der Waals surface area contributed by atoms with Crippen molar-refractivity contribution < 1.29 is 14.2 Å². The van der Waals surface area contributed by atoms with E-state index >= 15 is 0 Å². The molecule has 3 rings (SSSR count). The minimum Gasteiger partial charge on any atom is -0.493 e. The molecule has 1 aromatic carbocycles. The van der Waals surface area contributed by atoms with Gasteiger partial charge in [0, 0.05) is 45.4 Å². The van der Waals surface area contributed by atoms with Gasteiger partial charge in [-0.15, -0.1) is 0 Å². The van der Waals surface area contributed by atoms with Gasteiger partial charge in [0.05, 0.1) is 19.2 Å². The van der Waals surface area contributed by atoms with E-state index in [1.165, 1.54) is 0 Å². The Labute approximate surface area is 149 Å².